The summed E-state index contributed by atoms with van der Waals surface area (Å²) in [5, 5.41) is 0. The van der Waals surface area contributed by atoms with Crippen LogP contribution in [0.15, 0.2) is 51.7 Å². The monoisotopic (exact) mass is 478 g/mol. The second-order valence-electron chi connectivity index (χ2n) is 6.39. The van der Waals surface area contributed by atoms with E-state index < -0.39 is 23.2 Å². The number of aryl methyl sites for hydroxylation is 1. The first-order valence-electron chi connectivity index (χ1n) is 8.81. The largest absolute Gasteiger partial charge is 0.472 e. The molecule has 3 aromatic rings. The van der Waals surface area contributed by atoms with Crippen molar-refractivity contribution in [2.24, 2.45) is 0 Å². The van der Waals surface area contributed by atoms with Crippen molar-refractivity contribution in [1.82, 2.24) is 9.55 Å². The average molecular weight is 479 g/mol. The molecule has 0 fully saturated rings. The van der Waals surface area contributed by atoms with E-state index in [4.69, 9.17) is 9.47 Å². The summed E-state index contributed by atoms with van der Waals surface area (Å²) in [5.41, 5.74) is 0.806. The standard InChI is InChI=1S/C21H17BrF2N2O4/c1-12-25-19(30-11-15-6-7-16(23)9-17(15)24)18(22)20(27)26(12)10-13-4-3-5-14(8-13)21(28)29-2/h3-9H,10-11H2,1-2H3. The highest BCUT2D eigenvalue weighted by Gasteiger charge is 2.16. The fourth-order valence-electron chi connectivity index (χ4n) is 2.78. The molecule has 0 saturated carbocycles. The number of hydrogen-bond acceptors (Lipinski definition) is 5. The molecule has 0 aliphatic carbocycles. The van der Waals surface area contributed by atoms with E-state index in [9.17, 15) is 18.4 Å². The molecule has 0 atom stereocenters. The third-order valence-corrected chi connectivity index (χ3v) is 5.02. The smallest absolute Gasteiger partial charge is 0.337 e. The molecule has 6 nitrogen and oxygen atoms in total. The van der Waals surface area contributed by atoms with Gasteiger partial charge in [-0.15, -0.1) is 0 Å². The van der Waals surface area contributed by atoms with E-state index in [1.807, 2.05) is 0 Å². The van der Waals surface area contributed by atoms with Gasteiger partial charge < -0.3 is 9.47 Å². The number of hydrogen-bond donors (Lipinski definition) is 0. The molecule has 0 spiro atoms. The first-order chi connectivity index (χ1) is 14.3. The number of esters is 1. The minimum atomic E-state index is -0.748. The van der Waals surface area contributed by atoms with Crippen molar-refractivity contribution in [3.05, 3.63) is 91.4 Å². The predicted octanol–water partition coefficient (Wildman–Crippen LogP) is 4.01. The van der Waals surface area contributed by atoms with Crippen LogP contribution in [0.4, 0.5) is 8.78 Å². The van der Waals surface area contributed by atoms with Gasteiger partial charge in [-0.05, 0) is 52.7 Å². The van der Waals surface area contributed by atoms with Crippen LogP contribution < -0.4 is 10.3 Å². The Hall–Kier alpha value is -3.07. The Labute approximate surface area is 179 Å². The van der Waals surface area contributed by atoms with Gasteiger partial charge in [0.25, 0.3) is 5.56 Å². The van der Waals surface area contributed by atoms with Gasteiger partial charge in [-0.25, -0.2) is 13.6 Å². The third kappa shape index (κ3) is 4.73. The van der Waals surface area contributed by atoms with E-state index in [0.29, 0.717) is 17.0 Å². The zero-order chi connectivity index (χ0) is 21.8. The Bertz CT molecular complexity index is 1160. The van der Waals surface area contributed by atoms with Crippen LogP contribution in [0.5, 0.6) is 5.88 Å². The Morgan fingerprint density at radius 1 is 1.20 bits per heavy atom. The summed E-state index contributed by atoms with van der Waals surface area (Å²) in [4.78, 5) is 28.8. The van der Waals surface area contributed by atoms with Gasteiger partial charge in [0.2, 0.25) is 5.88 Å². The van der Waals surface area contributed by atoms with Gasteiger partial charge in [-0.1, -0.05) is 12.1 Å². The van der Waals surface area contributed by atoms with Crippen LogP contribution in [0, 0.1) is 18.6 Å². The molecule has 9 heteroatoms. The van der Waals surface area contributed by atoms with E-state index in [1.54, 1.807) is 31.2 Å². The van der Waals surface area contributed by atoms with Gasteiger partial charge in [-0.3, -0.25) is 9.36 Å². The van der Waals surface area contributed by atoms with Crippen molar-refractivity contribution in [1.29, 1.82) is 0 Å². The minimum Gasteiger partial charge on any atom is -0.472 e. The van der Waals surface area contributed by atoms with E-state index in [2.05, 4.69) is 20.9 Å². The SMILES string of the molecule is COC(=O)c1cccc(Cn2c(C)nc(OCc3ccc(F)cc3F)c(Br)c2=O)c1. The van der Waals surface area contributed by atoms with E-state index in [0.717, 1.165) is 12.1 Å². The van der Waals surface area contributed by atoms with Crippen molar-refractivity contribution < 1.29 is 23.0 Å². The topological polar surface area (TPSA) is 70.4 Å². The molecule has 0 unspecified atom stereocenters. The van der Waals surface area contributed by atoms with Gasteiger partial charge in [0.1, 0.15) is 28.5 Å². The predicted molar refractivity (Wildman–Crippen MR) is 109 cm³/mol. The van der Waals surface area contributed by atoms with Crippen molar-refractivity contribution in [2.75, 3.05) is 7.11 Å². The zero-order valence-electron chi connectivity index (χ0n) is 16.1. The van der Waals surface area contributed by atoms with Crippen molar-refractivity contribution in [3.8, 4) is 5.88 Å². The van der Waals surface area contributed by atoms with E-state index >= 15 is 0 Å². The maximum Gasteiger partial charge on any atom is 0.337 e. The molecule has 0 radical (unpaired) electrons. The molecule has 2 aromatic carbocycles. The summed E-state index contributed by atoms with van der Waals surface area (Å²) in [6, 6.07) is 9.86. The van der Waals surface area contributed by atoms with Gasteiger partial charge in [0.05, 0.1) is 19.2 Å². The number of rotatable bonds is 6. The second-order valence-corrected chi connectivity index (χ2v) is 7.18. The lowest BCUT2D eigenvalue weighted by Gasteiger charge is -2.14. The summed E-state index contributed by atoms with van der Waals surface area (Å²) in [5.74, 6) is -1.55. The van der Waals surface area contributed by atoms with Crippen molar-refractivity contribution in [2.45, 2.75) is 20.1 Å². The third-order valence-electron chi connectivity index (χ3n) is 4.34. The average Bonchev–Trinajstić information content (AvgIpc) is 2.73. The first-order valence-corrected chi connectivity index (χ1v) is 9.60. The van der Waals surface area contributed by atoms with Crippen LogP contribution in [-0.2, 0) is 17.9 Å². The second kappa shape index (κ2) is 9.17. The molecule has 3 rings (SSSR count). The lowest BCUT2D eigenvalue weighted by molar-refractivity contribution is 0.0600. The number of ether oxygens (including phenoxy) is 2. The fraction of sp³-hybridized carbons (Fsp3) is 0.190. The number of halogens is 3. The summed E-state index contributed by atoms with van der Waals surface area (Å²) in [6.45, 7) is 1.58. The minimum absolute atomic E-state index is 0.000728. The molecule has 1 heterocycles. The number of carbonyl (C=O) groups excluding carboxylic acids is 1. The van der Waals surface area contributed by atoms with Gasteiger partial charge in [0, 0.05) is 11.6 Å². The first kappa shape index (κ1) is 21.6. The van der Waals surface area contributed by atoms with Gasteiger partial charge in [0.15, 0.2) is 0 Å². The Morgan fingerprint density at radius 2 is 1.97 bits per heavy atom. The van der Waals surface area contributed by atoms with E-state index in [-0.39, 0.29) is 29.1 Å². The van der Waals surface area contributed by atoms with Crippen molar-refractivity contribution >= 4 is 21.9 Å². The number of nitrogens with zero attached hydrogens (tertiary/aromatic N) is 2. The van der Waals surface area contributed by atoms with Crippen LogP contribution in [0.2, 0.25) is 0 Å². The molecule has 0 N–H and O–H groups in total. The zero-order valence-corrected chi connectivity index (χ0v) is 17.7. The van der Waals surface area contributed by atoms with Gasteiger partial charge >= 0.3 is 5.97 Å². The van der Waals surface area contributed by atoms with Crippen LogP contribution in [0.25, 0.3) is 0 Å². The lowest BCUT2D eigenvalue weighted by Crippen LogP contribution is -2.26. The number of aromatic nitrogens is 2. The molecule has 1 aromatic heterocycles. The highest BCUT2D eigenvalue weighted by molar-refractivity contribution is 9.10. The molecule has 0 saturated heterocycles. The van der Waals surface area contributed by atoms with E-state index in [1.165, 1.54) is 17.7 Å². The molecule has 156 valence electrons. The van der Waals surface area contributed by atoms with Crippen LogP contribution in [0.3, 0.4) is 0 Å². The number of methoxy groups -OCH3 is 1. The van der Waals surface area contributed by atoms with Crippen LogP contribution in [-0.4, -0.2) is 22.6 Å². The molecule has 0 amide bonds. The summed E-state index contributed by atoms with van der Waals surface area (Å²) in [7, 11) is 1.29. The van der Waals surface area contributed by atoms with Crippen LogP contribution in [0.1, 0.15) is 27.3 Å². The van der Waals surface area contributed by atoms with Crippen LogP contribution >= 0.6 is 15.9 Å². The maximum absolute atomic E-state index is 13.8. The molecule has 0 bridgehead atoms. The van der Waals surface area contributed by atoms with Gasteiger partial charge in [-0.2, -0.15) is 4.98 Å². The molecule has 0 aliphatic heterocycles. The highest BCUT2D eigenvalue weighted by atomic mass is 79.9. The normalized spacial score (nSPS) is 10.7. The summed E-state index contributed by atoms with van der Waals surface area (Å²) < 4.78 is 38.5. The quantitative estimate of drug-likeness (QED) is 0.500. The molecule has 30 heavy (non-hydrogen) atoms. The summed E-state index contributed by atoms with van der Waals surface area (Å²) in [6.07, 6.45) is 0. The lowest BCUT2D eigenvalue weighted by atomic mass is 10.1. The van der Waals surface area contributed by atoms with Crippen molar-refractivity contribution in [3.63, 3.8) is 0 Å². The maximum atomic E-state index is 13.8. The molecule has 0 aliphatic rings. The Kier molecular flexibility index (Phi) is 6.61. The Morgan fingerprint density at radius 3 is 2.67 bits per heavy atom. The highest BCUT2D eigenvalue weighted by Crippen LogP contribution is 2.21. The molecular weight excluding hydrogens is 462 g/mol. The fourth-order valence-corrected chi connectivity index (χ4v) is 3.19. The summed E-state index contributed by atoms with van der Waals surface area (Å²) >= 11 is 3.18. The number of benzene rings is 2. The Balaban J connectivity index is 1.84. The molecular formula is C21H17BrF2N2O4. The number of carbonyl (C=O) groups is 1.